The fraction of sp³-hybridized carbons (Fsp3) is 0.105. The van der Waals surface area contributed by atoms with Crippen LogP contribution in [0.2, 0.25) is 10.0 Å². The number of halogens is 2. The molecule has 1 aliphatic carbocycles. The lowest BCUT2D eigenvalue weighted by Gasteiger charge is -2.08. The van der Waals surface area contributed by atoms with Crippen LogP contribution in [0.1, 0.15) is 27.3 Å². The molecule has 26 heavy (non-hydrogen) atoms. The van der Waals surface area contributed by atoms with Gasteiger partial charge >= 0.3 is 0 Å². The van der Waals surface area contributed by atoms with Crippen LogP contribution >= 0.6 is 23.2 Å². The summed E-state index contributed by atoms with van der Waals surface area (Å²) in [6.07, 6.45) is 4.29. The van der Waals surface area contributed by atoms with Crippen LogP contribution in [0.15, 0.2) is 35.0 Å². The number of carbonyl (C=O) groups excluding carboxylic acids is 1. The molecule has 3 heterocycles. The molecule has 5 rings (SSSR count). The first-order valence-corrected chi connectivity index (χ1v) is 8.73. The van der Waals surface area contributed by atoms with Crippen molar-refractivity contribution < 1.29 is 9.21 Å². The van der Waals surface area contributed by atoms with E-state index in [0.717, 1.165) is 28.7 Å². The van der Waals surface area contributed by atoms with Crippen LogP contribution < -0.4 is 5.32 Å². The molecule has 0 spiro atoms. The summed E-state index contributed by atoms with van der Waals surface area (Å²) in [7, 11) is 0. The summed E-state index contributed by atoms with van der Waals surface area (Å²) in [6.45, 7) is 1.82. The summed E-state index contributed by atoms with van der Waals surface area (Å²) in [4.78, 5) is 21.5. The topological polar surface area (TPSA) is 68.0 Å². The molecule has 7 heteroatoms. The summed E-state index contributed by atoms with van der Waals surface area (Å²) in [6, 6.07) is 4.96. The van der Waals surface area contributed by atoms with Gasteiger partial charge in [-0.3, -0.25) is 4.79 Å². The quantitative estimate of drug-likeness (QED) is 0.470. The number of anilines is 1. The van der Waals surface area contributed by atoms with Crippen LogP contribution in [0.3, 0.4) is 0 Å². The normalized spacial score (nSPS) is 12.4. The SMILES string of the molecule is Cc1ncc(-c2c(C(=O)Nc3ccc(Cl)c(Cl)c3)c3oc2c2c3C2)cn1. The zero-order valence-electron chi connectivity index (χ0n) is 13.6. The van der Waals surface area contributed by atoms with Crippen molar-refractivity contribution in [1.82, 2.24) is 9.97 Å². The number of amides is 1. The number of aryl methyl sites for hydroxylation is 1. The number of hydrogen-bond donors (Lipinski definition) is 1. The minimum Gasteiger partial charge on any atom is -0.455 e. The number of fused-ring (bicyclic) bond motifs is 5. The standard InChI is InChI=1S/C19H11Cl2N3O2/c1-8-22-6-9(7-23-8)15-16(18-12-5-11(12)17(15)26-18)19(25)24-10-2-3-13(20)14(21)4-10/h2-4,6-7H,5H2,1H3,(H,24,25). The van der Waals surface area contributed by atoms with Gasteiger partial charge in [-0.15, -0.1) is 0 Å². The zero-order valence-corrected chi connectivity index (χ0v) is 15.1. The van der Waals surface area contributed by atoms with E-state index in [2.05, 4.69) is 15.3 Å². The largest absolute Gasteiger partial charge is 0.455 e. The highest BCUT2D eigenvalue weighted by Crippen LogP contribution is 2.50. The van der Waals surface area contributed by atoms with Crippen molar-refractivity contribution in [2.75, 3.05) is 5.32 Å². The number of nitrogens with one attached hydrogen (secondary N) is 1. The third kappa shape index (κ3) is 2.28. The monoisotopic (exact) mass is 383 g/mol. The molecule has 4 aromatic rings. The molecule has 5 nitrogen and oxygen atoms in total. The Hall–Kier alpha value is -2.63. The molecule has 3 aromatic heterocycles. The van der Waals surface area contributed by atoms with Gasteiger partial charge in [-0.1, -0.05) is 23.2 Å². The van der Waals surface area contributed by atoms with Gasteiger partial charge in [0.15, 0.2) is 0 Å². The second kappa shape index (κ2) is 5.43. The molecular weight excluding hydrogens is 373 g/mol. The number of aromatic nitrogens is 2. The summed E-state index contributed by atoms with van der Waals surface area (Å²) < 4.78 is 5.87. The maximum atomic E-state index is 13.0. The Labute approximate surface area is 158 Å². The van der Waals surface area contributed by atoms with E-state index in [9.17, 15) is 4.79 Å². The van der Waals surface area contributed by atoms with E-state index in [1.54, 1.807) is 30.6 Å². The lowest BCUT2D eigenvalue weighted by atomic mass is 10.0. The van der Waals surface area contributed by atoms with Gasteiger partial charge in [-0.05, 0) is 25.1 Å². The first-order valence-electron chi connectivity index (χ1n) is 7.98. The van der Waals surface area contributed by atoms with Crippen molar-refractivity contribution in [3.63, 3.8) is 0 Å². The Kier molecular flexibility index (Phi) is 3.26. The minimum atomic E-state index is -0.262. The second-order valence-electron chi connectivity index (χ2n) is 6.25. The van der Waals surface area contributed by atoms with Crippen LogP contribution in [0.25, 0.3) is 22.3 Å². The van der Waals surface area contributed by atoms with Crippen LogP contribution in [0.5, 0.6) is 0 Å². The molecule has 128 valence electrons. The van der Waals surface area contributed by atoms with E-state index in [1.807, 2.05) is 6.92 Å². The molecule has 1 N–H and O–H groups in total. The molecule has 0 fully saturated rings. The molecule has 0 saturated carbocycles. The predicted molar refractivity (Wildman–Crippen MR) is 100 cm³/mol. The Morgan fingerprint density at radius 1 is 1.12 bits per heavy atom. The van der Waals surface area contributed by atoms with E-state index in [1.165, 1.54) is 5.56 Å². The van der Waals surface area contributed by atoms with Crippen LogP contribution in [0, 0.1) is 6.92 Å². The predicted octanol–water partition coefficient (Wildman–Crippen LogP) is 5.10. The Morgan fingerprint density at radius 2 is 1.85 bits per heavy atom. The van der Waals surface area contributed by atoms with Crippen molar-refractivity contribution in [2.24, 2.45) is 0 Å². The van der Waals surface area contributed by atoms with Gasteiger partial charge in [-0.25, -0.2) is 9.97 Å². The number of hydrogen-bond acceptors (Lipinski definition) is 4. The van der Waals surface area contributed by atoms with E-state index in [-0.39, 0.29) is 5.91 Å². The first kappa shape index (κ1) is 15.6. The number of carbonyl (C=O) groups is 1. The van der Waals surface area contributed by atoms with Gasteiger partial charge in [-0.2, -0.15) is 0 Å². The maximum absolute atomic E-state index is 13.0. The molecule has 0 aliphatic heterocycles. The van der Waals surface area contributed by atoms with E-state index >= 15 is 0 Å². The molecule has 0 atom stereocenters. The third-order valence-electron chi connectivity index (χ3n) is 4.52. The summed E-state index contributed by atoms with van der Waals surface area (Å²) in [5.74, 6) is 0.409. The lowest BCUT2D eigenvalue weighted by molar-refractivity contribution is 0.102. The van der Waals surface area contributed by atoms with Crippen molar-refractivity contribution in [3.05, 3.63) is 63.2 Å². The van der Waals surface area contributed by atoms with E-state index in [0.29, 0.717) is 32.7 Å². The molecule has 1 aliphatic rings. The third-order valence-corrected chi connectivity index (χ3v) is 5.26. The van der Waals surface area contributed by atoms with Crippen LogP contribution in [0.4, 0.5) is 5.69 Å². The van der Waals surface area contributed by atoms with E-state index in [4.69, 9.17) is 27.6 Å². The molecule has 0 unspecified atom stereocenters. The van der Waals surface area contributed by atoms with Crippen molar-refractivity contribution in [1.29, 1.82) is 0 Å². The second-order valence-corrected chi connectivity index (χ2v) is 7.06. The number of rotatable bonds is 3. The van der Waals surface area contributed by atoms with Crippen molar-refractivity contribution in [3.8, 4) is 11.1 Å². The van der Waals surface area contributed by atoms with E-state index < -0.39 is 0 Å². The summed E-state index contributed by atoms with van der Waals surface area (Å²) in [5, 5.41) is 3.68. The molecule has 0 radical (unpaired) electrons. The highest BCUT2D eigenvalue weighted by atomic mass is 35.5. The molecule has 2 bridgehead atoms. The zero-order chi connectivity index (χ0) is 18.0. The Morgan fingerprint density at radius 3 is 2.58 bits per heavy atom. The average Bonchev–Trinajstić information content (AvgIpc) is 3.24. The fourth-order valence-electron chi connectivity index (χ4n) is 3.20. The van der Waals surface area contributed by atoms with Crippen molar-refractivity contribution in [2.45, 2.75) is 13.3 Å². The molecule has 1 amide bonds. The Balaban J connectivity index is 1.59. The fourth-order valence-corrected chi connectivity index (χ4v) is 3.50. The highest BCUT2D eigenvalue weighted by Gasteiger charge is 2.38. The average molecular weight is 384 g/mol. The number of benzene rings is 2. The van der Waals surface area contributed by atoms with Gasteiger partial charge in [0.2, 0.25) is 0 Å². The van der Waals surface area contributed by atoms with Crippen LogP contribution in [-0.2, 0) is 6.42 Å². The van der Waals surface area contributed by atoms with Gasteiger partial charge in [0.1, 0.15) is 17.0 Å². The summed E-state index contributed by atoms with van der Waals surface area (Å²) in [5.41, 5.74) is 6.25. The maximum Gasteiger partial charge on any atom is 0.260 e. The number of furan rings is 2. The highest BCUT2D eigenvalue weighted by molar-refractivity contribution is 6.42. The van der Waals surface area contributed by atoms with Gasteiger partial charge in [0, 0.05) is 46.8 Å². The molecule has 1 aromatic carbocycles. The minimum absolute atomic E-state index is 0.262. The van der Waals surface area contributed by atoms with Crippen LogP contribution in [-0.4, -0.2) is 15.9 Å². The number of nitrogens with zero attached hydrogens (tertiary/aromatic N) is 2. The van der Waals surface area contributed by atoms with Gasteiger partial charge in [0.25, 0.3) is 5.91 Å². The molecular formula is C19H11Cl2N3O2. The summed E-state index contributed by atoms with van der Waals surface area (Å²) >= 11 is 12.0. The first-order chi connectivity index (χ1) is 12.5. The molecule has 0 saturated heterocycles. The Bertz CT molecular complexity index is 1180. The lowest BCUT2D eigenvalue weighted by Crippen LogP contribution is -2.13. The van der Waals surface area contributed by atoms with Gasteiger partial charge in [0.05, 0.1) is 15.6 Å². The van der Waals surface area contributed by atoms with Gasteiger partial charge < -0.3 is 9.73 Å². The smallest absolute Gasteiger partial charge is 0.260 e. The van der Waals surface area contributed by atoms with Crippen molar-refractivity contribution >= 4 is 46.0 Å².